The van der Waals surface area contributed by atoms with Gasteiger partial charge in [0.05, 0.1) is 11.1 Å². The fourth-order valence-electron chi connectivity index (χ4n) is 4.97. The lowest BCUT2D eigenvalue weighted by atomic mass is 10.0. The summed E-state index contributed by atoms with van der Waals surface area (Å²) >= 11 is 0. The lowest BCUT2D eigenvalue weighted by Gasteiger charge is -2.24. The van der Waals surface area contributed by atoms with E-state index >= 15 is 0 Å². The summed E-state index contributed by atoms with van der Waals surface area (Å²) in [4.78, 5) is 55.5. The van der Waals surface area contributed by atoms with Crippen LogP contribution in [0.15, 0.2) is 78.9 Å². The molecule has 0 spiro atoms. The van der Waals surface area contributed by atoms with Gasteiger partial charge in [-0.05, 0) is 48.6 Å². The van der Waals surface area contributed by atoms with E-state index in [1.807, 2.05) is 60.7 Å². The fourth-order valence-corrected chi connectivity index (χ4v) is 4.97. The van der Waals surface area contributed by atoms with Crippen molar-refractivity contribution in [3.05, 3.63) is 107 Å². The molecule has 7 heteroatoms. The summed E-state index contributed by atoms with van der Waals surface area (Å²) in [5.74, 6) is -1.30. The second-order valence-electron chi connectivity index (χ2n) is 9.51. The molecule has 0 radical (unpaired) electrons. The molecular formula is C30H29N3O4. The minimum Gasteiger partial charge on any atom is -0.341 e. The van der Waals surface area contributed by atoms with Crippen molar-refractivity contribution in [3.8, 4) is 0 Å². The molecule has 7 nitrogen and oxygen atoms in total. The molecule has 4 amide bonds. The maximum atomic E-state index is 13.3. The molecule has 37 heavy (non-hydrogen) atoms. The van der Waals surface area contributed by atoms with Gasteiger partial charge in [0, 0.05) is 31.6 Å². The Morgan fingerprint density at radius 2 is 1.41 bits per heavy atom. The lowest BCUT2D eigenvalue weighted by molar-refractivity contribution is -0.132. The van der Waals surface area contributed by atoms with Crippen molar-refractivity contribution in [2.24, 2.45) is 0 Å². The Morgan fingerprint density at radius 1 is 0.784 bits per heavy atom. The molecule has 188 valence electrons. The highest BCUT2D eigenvalue weighted by molar-refractivity contribution is 6.22. The highest BCUT2D eigenvalue weighted by atomic mass is 16.2. The number of hydrogen-bond donors (Lipinski definition) is 1. The van der Waals surface area contributed by atoms with Crippen molar-refractivity contribution in [3.63, 3.8) is 0 Å². The second-order valence-corrected chi connectivity index (χ2v) is 9.51. The molecule has 0 aliphatic carbocycles. The minimum atomic E-state index is -0.721. The van der Waals surface area contributed by atoms with Crippen molar-refractivity contribution in [1.82, 2.24) is 15.1 Å². The first-order valence-corrected chi connectivity index (χ1v) is 12.7. The Bertz CT molecular complexity index is 1320. The van der Waals surface area contributed by atoms with Crippen LogP contribution in [0.25, 0.3) is 0 Å². The van der Waals surface area contributed by atoms with E-state index in [2.05, 4.69) is 5.32 Å². The van der Waals surface area contributed by atoms with Crippen molar-refractivity contribution < 1.29 is 19.2 Å². The number of carbonyl (C=O) groups is 4. The maximum Gasteiger partial charge on any atom is 0.261 e. The van der Waals surface area contributed by atoms with E-state index in [4.69, 9.17) is 0 Å². The lowest BCUT2D eigenvalue weighted by Crippen LogP contribution is -2.49. The molecule has 0 bridgehead atoms. The minimum absolute atomic E-state index is 0.103. The molecule has 2 heterocycles. The third kappa shape index (κ3) is 5.31. The van der Waals surface area contributed by atoms with Gasteiger partial charge in [-0.15, -0.1) is 0 Å². The van der Waals surface area contributed by atoms with Crippen LogP contribution in [-0.2, 0) is 17.6 Å². The number of nitrogens with zero attached hydrogens (tertiary/aromatic N) is 2. The molecule has 0 aromatic heterocycles. The van der Waals surface area contributed by atoms with Gasteiger partial charge in [0.2, 0.25) is 5.91 Å². The fraction of sp³-hybridized carbons (Fsp3) is 0.267. The zero-order chi connectivity index (χ0) is 25.8. The van der Waals surface area contributed by atoms with Gasteiger partial charge in [-0.2, -0.15) is 0 Å². The van der Waals surface area contributed by atoms with Gasteiger partial charge in [0.15, 0.2) is 0 Å². The van der Waals surface area contributed by atoms with E-state index in [0.717, 1.165) is 24.0 Å². The largest absolute Gasteiger partial charge is 0.341 e. The summed E-state index contributed by atoms with van der Waals surface area (Å²) in [5.41, 5.74) is 2.74. The standard InChI is InChI=1S/C30H29N3O4/c34-27(31-26(19-22-11-5-2-6-12-22)30(37)32-16-7-8-17-32)23-13-14-24-25(20-23)29(36)33(28(24)35)18-15-21-9-3-1-4-10-21/h1-6,9-14,20,26H,7-8,15-19H2,(H,31,34). The van der Waals surface area contributed by atoms with Crippen LogP contribution in [0.4, 0.5) is 0 Å². The van der Waals surface area contributed by atoms with Crippen molar-refractivity contribution in [2.75, 3.05) is 19.6 Å². The van der Waals surface area contributed by atoms with Crippen LogP contribution in [-0.4, -0.2) is 59.1 Å². The average Bonchev–Trinajstić information content (AvgIpc) is 3.55. The van der Waals surface area contributed by atoms with Gasteiger partial charge in [-0.25, -0.2) is 0 Å². The summed E-state index contributed by atoms with van der Waals surface area (Å²) in [5, 5.41) is 2.89. The van der Waals surface area contributed by atoms with E-state index in [-0.39, 0.29) is 29.5 Å². The van der Waals surface area contributed by atoms with Gasteiger partial charge < -0.3 is 10.2 Å². The Labute approximate surface area is 216 Å². The van der Waals surface area contributed by atoms with Crippen LogP contribution in [0.1, 0.15) is 55.0 Å². The number of carbonyl (C=O) groups excluding carboxylic acids is 4. The van der Waals surface area contributed by atoms with E-state index < -0.39 is 17.9 Å². The molecule has 2 aliphatic heterocycles. The van der Waals surface area contributed by atoms with Crippen LogP contribution in [0.5, 0.6) is 0 Å². The normalized spacial score (nSPS) is 15.6. The first kappa shape index (κ1) is 24.4. The molecule has 0 saturated carbocycles. The number of benzene rings is 3. The zero-order valence-electron chi connectivity index (χ0n) is 20.6. The number of rotatable bonds is 8. The third-order valence-corrected chi connectivity index (χ3v) is 7.00. The molecule has 1 unspecified atom stereocenters. The molecule has 3 aromatic carbocycles. The highest BCUT2D eigenvalue weighted by Gasteiger charge is 2.36. The van der Waals surface area contributed by atoms with Crippen LogP contribution in [0, 0.1) is 0 Å². The van der Waals surface area contributed by atoms with E-state index in [1.54, 1.807) is 11.0 Å². The topological polar surface area (TPSA) is 86.8 Å². The summed E-state index contributed by atoms with van der Waals surface area (Å²) in [6, 6.07) is 23.1. The van der Waals surface area contributed by atoms with Crippen molar-refractivity contribution in [1.29, 1.82) is 0 Å². The van der Waals surface area contributed by atoms with Gasteiger partial charge in [0.25, 0.3) is 17.7 Å². The summed E-state index contributed by atoms with van der Waals surface area (Å²) in [7, 11) is 0. The van der Waals surface area contributed by atoms with Crippen LogP contribution >= 0.6 is 0 Å². The number of nitrogens with one attached hydrogen (secondary N) is 1. The van der Waals surface area contributed by atoms with Crippen molar-refractivity contribution >= 4 is 23.6 Å². The van der Waals surface area contributed by atoms with E-state index in [1.165, 1.54) is 17.0 Å². The monoisotopic (exact) mass is 495 g/mol. The molecule has 5 rings (SSSR count). The van der Waals surface area contributed by atoms with E-state index in [0.29, 0.717) is 31.5 Å². The molecular weight excluding hydrogens is 466 g/mol. The first-order valence-electron chi connectivity index (χ1n) is 12.7. The Kier molecular flexibility index (Phi) is 7.12. The predicted octanol–water partition coefficient (Wildman–Crippen LogP) is 3.49. The maximum absolute atomic E-state index is 13.3. The Balaban J connectivity index is 1.32. The SMILES string of the molecule is O=C(NC(Cc1ccccc1)C(=O)N1CCCC1)c1ccc2c(c1)C(=O)N(CCc1ccccc1)C2=O. The quantitative estimate of drug-likeness (QED) is 0.485. The molecule has 3 aromatic rings. The van der Waals surface area contributed by atoms with Gasteiger partial charge in [-0.1, -0.05) is 60.7 Å². The summed E-state index contributed by atoms with van der Waals surface area (Å²) in [6.07, 6.45) is 2.84. The zero-order valence-corrected chi connectivity index (χ0v) is 20.6. The average molecular weight is 496 g/mol. The Hall–Kier alpha value is -4.26. The Morgan fingerprint density at radius 3 is 2.08 bits per heavy atom. The van der Waals surface area contributed by atoms with Crippen LogP contribution in [0.2, 0.25) is 0 Å². The third-order valence-electron chi connectivity index (χ3n) is 7.00. The van der Waals surface area contributed by atoms with Crippen LogP contribution in [0.3, 0.4) is 0 Å². The number of fused-ring (bicyclic) bond motifs is 1. The van der Waals surface area contributed by atoms with Gasteiger partial charge in [0.1, 0.15) is 6.04 Å². The molecule has 1 fully saturated rings. The molecule has 1 atom stereocenters. The number of amides is 4. The number of imide groups is 1. The predicted molar refractivity (Wildman–Crippen MR) is 139 cm³/mol. The van der Waals surface area contributed by atoms with E-state index in [9.17, 15) is 19.2 Å². The summed E-state index contributed by atoms with van der Waals surface area (Å²) in [6.45, 7) is 1.64. The smallest absolute Gasteiger partial charge is 0.261 e. The highest BCUT2D eigenvalue weighted by Crippen LogP contribution is 2.25. The second kappa shape index (κ2) is 10.8. The van der Waals surface area contributed by atoms with Crippen LogP contribution < -0.4 is 5.32 Å². The van der Waals surface area contributed by atoms with Crippen molar-refractivity contribution in [2.45, 2.75) is 31.7 Å². The number of hydrogen-bond acceptors (Lipinski definition) is 4. The van der Waals surface area contributed by atoms with Gasteiger partial charge in [-0.3, -0.25) is 24.1 Å². The van der Waals surface area contributed by atoms with Gasteiger partial charge >= 0.3 is 0 Å². The molecule has 2 aliphatic rings. The first-order chi connectivity index (χ1) is 18.0. The molecule has 1 saturated heterocycles. The molecule has 1 N–H and O–H groups in total. The number of likely N-dealkylation sites (tertiary alicyclic amines) is 1. The summed E-state index contributed by atoms with van der Waals surface area (Å²) < 4.78 is 0.